The van der Waals surface area contributed by atoms with Crippen molar-refractivity contribution in [3.8, 4) is 0 Å². The number of nitrogens with two attached hydrogens (primary N) is 1. The summed E-state index contributed by atoms with van der Waals surface area (Å²) in [6, 6.07) is 0. The third-order valence-corrected chi connectivity index (χ3v) is 5.07. The maximum absolute atomic E-state index is 10.8. The lowest BCUT2D eigenvalue weighted by molar-refractivity contribution is -0.117. The van der Waals surface area contributed by atoms with Gasteiger partial charge in [0.05, 0.1) is 0 Å². The minimum absolute atomic E-state index is 0.220. The molecule has 0 aromatic heterocycles. The average molecular weight is 400 g/mol. The van der Waals surface area contributed by atoms with Gasteiger partial charge in [0.1, 0.15) is 0 Å². The van der Waals surface area contributed by atoms with Crippen LogP contribution in [0.15, 0.2) is 58.2 Å². The Bertz CT molecular complexity index is 625. The van der Waals surface area contributed by atoms with Gasteiger partial charge < -0.3 is 5.73 Å². The van der Waals surface area contributed by atoms with Gasteiger partial charge in [-0.15, -0.1) is 0 Å². The first-order chi connectivity index (χ1) is 13.7. The molecular formula is C27H45NO. The van der Waals surface area contributed by atoms with Gasteiger partial charge in [0.2, 0.25) is 5.91 Å². The van der Waals surface area contributed by atoms with Gasteiger partial charge >= 0.3 is 0 Å². The third kappa shape index (κ3) is 19.3. The second-order valence-electron chi connectivity index (χ2n) is 8.64. The minimum Gasteiger partial charge on any atom is -0.370 e. The fourth-order valence-corrected chi connectivity index (χ4v) is 3.07. The molecule has 29 heavy (non-hydrogen) atoms. The van der Waals surface area contributed by atoms with Crippen LogP contribution in [-0.2, 0) is 4.79 Å². The highest BCUT2D eigenvalue weighted by molar-refractivity contribution is 5.73. The number of carbonyl (C=O) groups excluding carboxylic acids is 1. The van der Waals surface area contributed by atoms with Crippen LogP contribution in [-0.4, -0.2) is 5.91 Å². The number of allylic oxidation sites excluding steroid dienone is 10. The molecule has 0 aliphatic heterocycles. The molecule has 0 aliphatic rings. The smallest absolute Gasteiger partial charge is 0.217 e. The van der Waals surface area contributed by atoms with Crippen molar-refractivity contribution < 1.29 is 4.79 Å². The summed E-state index contributed by atoms with van der Waals surface area (Å²) in [7, 11) is 0. The van der Waals surface area contributed by atoms with E-state index in [4.69, 9.17) is 5.73 Å². The Morgan fingerprint density at radius 1 is 0.517 bits per heavy atom. The topological polar surface area (TPSA) is 43.1 Å². The summed E-state index contributed by atoms with van der Waals surface area (Å²) in [6.07, 6.45) is 22.0. The molecule has 164 valence electrons. The summed E-state index contributed by atoms with van der Waals surface area (Å²) in [4.78, 5) is 10.8. The van der Waals surface area contributed by atoms with E-state index in [-0.39, 0.29) is 5.91 Å². The van der Waals surface area contributed by atoms with Crippen LogP contribution < -0.4 is 5.73 Å². The van der Waals surface area contributed by atoms with Crippen molar-refractivity contribution in [1.29, 1.82) is 0 Å². The molecule has 0 fully saturated rings. The van der Waals surface area contributed by atoms with Crippen LogP contribution in [0.25, 0.3) is 0 Å². The highest BCUT2D eigenvalue weighted by Gasteiger charge is 1.96. The van der Waals surface area contributed by atoms with Crippen LogP contribution in [0.5, 0.6) is 0 Å². The van der Waals surface area contributed by atoms with Crippen LogP contribution in [0.4, 0.5) is 0 Å². The van der Waals surface area contributed by atoms with Gasteiger partial charge in [-0.3, -0.25) is 4.79 Å². The van der Waals surface area contributed by atoms with Crippen LogP contribution in [0.1, 0.15) is 106 Å². The van der Waals surface area contributed by atoms with Crippen LogP contribution in [0.3, 0.4) is 0 Å². The molecule has 2 nitrogen and oxygen atoms in total. The summed E-state index contributed by atoms with van der Waals surface area (Å²) >= 11 is 0. The molecule has 2 N–H and O–H groups in total. The highest BCUT2D eigenvalue weighted by atomic mass is 16.1. The fraction of sp³-hybridized carbons (Fsp3) is 0.593. The summed E-state index contributed by atoms with van der Waals surface area (Å²) < 4.78 is 0. The summed E-state index contributed by atoms with van der Waals surface area (Å²) in [5.74, 6) is -0.220. The summed E-state index contributed by atoms with van der Waals surface area (Å²) in [6.45, 7) is 13.1. The molecule has 0 radical (unpaired) electrons. The number of unbranched alkanes of at least 4 members (excludes halogenated alkanes) is 1. The Balaban J connectivity index is 4.04. The molecule has 0 bridgehead atoms. The largest absolute Gasteiger partial charge is 0.370 e. The fourth-order valence-electron chi connectivity index (χ4n) is 3.07. The lowest BCUT2D eigenvalue weighted by atomic mass is 10.0. The van der Waals surface area contributed by atoms with E-state index in [2.05, 4.69) is 71.9 Å². The van der Waals surface area contributed by atoms with Crippen LogP contribution in [0, 0.1) is 0 Å². The number of hydrogen-bond donors (Lipinski definition) is 1. The van der Waals surface area contributed by atoms with Crippen molar-refractivity contribution >= 4 is 5.91 Å². The molecule has 0 rings (SSSR count). The first-order valence-corrected chi connectivity index (χ1v) is 11.2. The number of hydrogen-bond acceptors (Lipinski definition) is 1. The SMILES string of the molecule is CC(C)=CCC/C(C)=C/CC/C(C)=C/CC/C=C(\C)CC/C=C(\C)CCC(N)=O. The molecule has 0 spiro atoms. The van der Waals surface area contributed by atoms with Gasteiger partial charge in [-0.1, -0.05) is 58.2 Å². The Hall–Kier alpha value is -1.83. The van der Waals surface area contributed by atoms with E-state index in [1.807, 2.05) is 0 Å². The van der Waals surface area contributed by atoms with E-state index in [1.165, 1.54) is 34.3 Å². The van der Waals surface area contributed by atoms with Crippen molar-refractivity contribution in [2.45, 2.75) is 106 Å². The minimum atomic E-state index is -0.220. The van der Waals surface area contributed by atoms with E-state index in [0.717, 1.165) is 51.4 Å². The number of rotatable bonds is 15. The Morgan fingerprint density at radius 2 is 0.862 bits per heavy atom. The lowest BCUT2D eigenvalue weighted by Gasteiger charge is -2.02. The van der Waals surface area contributed by atoms with Crippen molar-refractivity contribution in [2.75, 3.05) is 0 Å². The lowest BCUT2D eigenvalue weighted by Crippen LogP contribution is -2.09. The molecule has 0 aromatic rings. The van der Waals surface area contributed by atoms with E-state index < -0.39 is 0 Å². The van der Waals surface area contributed by atoms with Gasteiger partial charge in [0, 0.05) is 6.42 Å². The van der Waals surface area contributed by atoms with Gasteiger partial charge in [-0.2, -0.15) is 0 Å². The predicted octanol–water partition coefficient (Wildman–Crippen LogP) is 8.12. The Kier molecular flexibility index (Phi) is 16.0. The van der Waals surface area contributed by atoms with Gasteiger partial charge in [-0.25, -0.2) is 0 Å². The van der Waals surface area contributed by atoms with Crippen molar-refractivity contribution in [2.24, 2.45) is 5.73 Å². The highest BCUT2D eigenvalue weighted by Crippen LogP contribution is 2.14. The van der Waals surface area contributed by atoms with E-state index >= 15 is 0 Å². The molecule has 0 aromatic carbocycles. The monoisotopic (exact) mass is 399 g/mol. The summed E-state index contributed by atoms with van der Waals surface area (Å²) in [5.41, 5.74) is 12.3. The van der Waals surface area contributed by atoms with Crippen molar-refractivity contribution in [3.63, 3.8) is 0 Å². The average Bonchev–Trinajstić information content (AvgIpc) is 2.63. The molecule has 0 heterocycles. The van der Waals surface area contributed by atoms with Gasteiger partial charge in [0.15, 0.2) is 0 Å². The normalized spacial score (nSPS) is 13.6. The van der Waals surface area contributed by atoms with Crippen molar-refractivity contribution in [1.82, 2.24) is 0 Å². The van der Waals surface area contributed by atoms with E-state index in [9.17, 15) is 4.79 Å². The molecule has 0 atom stereocenters. The Labute approximate surface area is 180 Å². The molecule has 1 amide bonds. The zero-order chi connectivity index (χ0) is 22.1. The zero-order valence-corrected chi connectivity index (χ0v) is 19.9. The quantitative estimate of drug-likeness (QED) is 0.219. The predicted molar refractivity (Wildman–Crippen MR) is 130 cm³/mol. The second-order valence-corrected chi connectivity index (χ2v) is 8.64. The van der Waals surface area contributed by atoms with Crippen molar-refractivity contribution in [3.05, 3.63) is 58.2 Å². The standard InChI is InChI=1S/C27H45NO/c1-22(2)12-9-15-25(5)18-10-16-23(3)13-7-8-14-24(4)17-11-19-26(6)20-21-27(28)29/h12-14,18-19H,7-11,15-17,20-21H2,1-6H3,(H2,28,29)/b23-13+,24-14+,25-18+,26-19+. The maximum atomic E-state index is 10.8. The van der Waals surface area contributed by atoms with Gasteiger partial charge in [-0.05, 0) is 99.3 Å². The molecule has 2 heteroatoms. The van der Waals surface area contributed by atoms with E-state index in [0.29, 0.717) is 6.42 Å². The number of amides is 1. The number of carbonyl (C=O) groups is 1. The molecular weight excluding hydrogens is 354 g/mol. The second kappa shape index (κ2) is 17.1. The molecule has 0 aliphatic carbocycles. The van der Waals surface area contributed by atoms with Crippen LogP contribution >= 0.6 is 0 Å². The molecule has 0 saturated heterocycles. The molecule has 0 unspecified atom stereocenters. The molecule has 0 saturated carbocycles. The third-order valence-electron chi connectivity index (χ3n) is 5.07. The summed E-state index contributed by atoms with van der Waals surface area (Å²) in [5, 5.41) is 0. The maximum Gasteiger partial charge on any atom is 0.217 e. The first-order valence-electron chi connectivity index (χ1n) is 11.2. The van der Waals surface area contributed by atoms with Gasteiger partial charge in [0.25, 0.3) is 0 Å². The number of primary amides is 1. The van der Waals surface area contributed by atoms with E-state index in [1.54, 1.807) is 0 Å². The van der Waals surface area contributed by atoms with Crippen LogP contribution in [0.2, 0.25) is 0 Å². The first kappa shape index (κ1) is 27.2. The Morgan fingerprint density at radius 3 is 1.24 bits per heavy atom. The zero-order valence-electron chi connectivity index (χ0n) is 19.9.